The molecule has 1 heterocycles. The van der Waals surface area contributed by atoms with Crippen molar-refractivity contribution in [2.45, 2.75) is 73.3 Å². The molecule has 0 bridgehead atoms. The van der Waals surface area contributed by atoms with Crippen molar-refractivity contribution in [3.8, 4) is 0 Å². The molecular formula is C21H31NO6. The molecular weight excluding hydrogens is 362 g/mol. The van der Waals surface area contributed by atoms with Crippen LogP contribution in [0, 0.1) is 10.8 Å². The van der Waals surface area contributed by atoms with Gasteiger partial charge in [-0.15, -0.1) is 0 Å². The van der Waals surface area contributed by atoms with Gasteiger partial charge in [-0.1, -0.05) is 12.2 Å². The third-order valence-electron chi connectivity index (χ3n) is 5.48. The number of ether oxygens (including phenoxy) is 1. The topological polar surface area (TPSA) is 97.8 Å². The smallest absolute Gasteiger partial charge is 0.417 e. The summed E-state index contributed by atoms with van der Waals surface area (Å²) < 4.78 is 5.29. The number of piperidine rings is 1. The van der Waals surface area contributed by atoms with E-state index in [1.165, 1.54) is 27.7 Å². The Kier molecular flexibility index (Phi) is 6.76. The van der Waals surface area contributed by atoms with Gasteiger partial charge in [0.25, 0.3) is 0 Å². The number of amides is 2. The fourth-order valence-corrected chi connectivity index (χ4v) is 3.41. The Labute approximate surface area is 166 Å². The van der Waals surface area contributed by atoms with E-state index in [-0.39, 0.29) is 36.5 Å². The number of carbonyl (C=O) groups is 5. The van der Waals surface area contributed by atoms with Crippen molar-refractivity contribution < 1.29 is 28.7 Å². The Hall–Kier alpha value is -2.31. The van der Waals surface area contributed by atoms with Crippen LogP contribution in [0.2, 0.25) is 0 Å². The number of imide groups is 1. The maximum absolute atomic E-state index is 13.3. The molecule has 1 rings (SSSR count). The normalized spacial score (nSPS) is 20.5. The third kappa shape index (κ3) is 4.39. The predicted octanol–water partition coefficient (Wildman–Crippen LogP) is 3.25. The molecule has 1 unspecified atom stereocenters. The Morgan fingerprint density at radius 3 is 1.96 bits per heavy atom. The molecule has 0 aromatic rings. The zero-order valence-corrected chi connectivity index (χ0v) is 17.9. The zero-order chi connectivity index (χ0) is 22.1. The lowest BCUT2D eigenvalue weighted by atomic mass is 9.65. The van der Waals surface area contributed by atoms with Crippen LogP contribution in [-0.2, 0) is 23.9 Å². The summed E-state index contributed by atoms with van der Waals surface area (Å²) in [6.07, 6.45) is -0.395. The van der Waals surface area contributed by atoms with Crippen molar-refractivity contribution in [1.29, 1.82) is 0 Å². The van der Waals surface area contributed by atoms with E-state index in [9.17, 15) is 24.0 Å². The van der Waals surface area contributed by atoms with E-state index in [1.807, 2.05) is 0 Å². The minimum atomic E-state index is -1.65. The van der Waals surface area contributed by atoms with Crippen LogP contribution in [0.5, 0.6) is 0 Å². The van der Waals surface area contributed by atoms with Gasteiger partial charge in [-0.05, 0) is 67.7 Å². The van der Waals surface area contributed by atoms with E-state index in [0.717, 1.165) is 4.90 Å². The molecule has 1 aliphatic heterocycles. The first-order chi connectivity index (χ1) is 12.6. The van der Waals surface area contributed by atoms with E-state index in [0.29, 0.717) is 6.42 Å². The summed E-state index contributed by atoms with van der Waals surface area (Å²) in [5, 5.41) is 0. The summed E-state index contributed by atoms with van der Waals surface area (Å²) in [6.45, 7) is 14.4. The second-order valence-electron chi connectivity index (χ2n) is 8.73. The third-order valence-corrected chi connectivity index (χ3v) is 5.48. The number of likely N-dealkylation sites (tertiary alicyclic amines) is 1. The summed E-state index contributed by atoms with van der Waals surface area (Å²) in [5.41, 5.74) is -3.66. The summed E-state index contributed by atoms with van der Waals surface area (Å²) in [4.78, 5) is 63.5. The number of nitrogens with zero attached hydrogens (tertiary/aromatic N) is 1. The molecule has 7 nitrogen and oxygen atoms in total. The first-order valence-corrected chi connectivity index (χ1v) is 9.36. The lowest BCUT2D eigenvalue weighted by molar-refractivity contribution is -0.150. The maximum atomic E-state index is 13.3. The second-order valence-corrected chi connectivity index (χ2v) is 8.73. The van der Waals surface area contributed by atoms with Crippen molar-refractivity contribution in [2.75, 3.05) is 6.54 Å². The van der Waals surface area contributed by atoms with E-state index < -0.39 is 34.2 Å². The molecule has 0 radical (unpaired) electrons. The van der Waals surface area contributed by atoms with Crippen LogP contribution in [0.1, 0.15) is 67.7 Å². The molecule has 1 atom stereocenters. The molecule has 1 aliphatic rings. The molecule has 28 heavy (non-hydrogen) atoms. The quantitative estimate of drug-likeness (QED) is 0.507. The Morgan fingerprint density at radius 2 is 1.57 bits per heavy atom. The van der Waals surface area contributed by atoms with E-state index in [4.69, 9.17) is 4.74 Å². The summed E-state index contributed by atoms with van der Waals surface area (Å²) in [6, 6.07) is 0. The Bertz CT molecular complexity index is 716. The second kappa shape index (κ2) is 7.97. The Morgan fingerprint density at radius 1 is 1.07 bits per heavy atom. The first-order valence-electron chi connectivity index (χ1n) is 9.36. The average molecular weight is 393 g/mol. The highest BCUT2D eigenvalue weighted by Crippen LogP contribution is 2.44. The lowest BCUT2D eigenvalue weighted by Gasteiger charge is -2.42. The minimum Gasteiger partial charge on any atom is -0.443 e. The van der Waals surface area contributed by atoms with Crippen LogP contribution in [0.3, 0.4) is 0 Å². The number of hydrogen-bond acceptors (Lipinski definition) is 6. The average Bonchev–Trinajstić information content (AvgIpc) is 2.52. The molecule has 0 N–H and O–H groups in total. The predicted molar refractivity (Wildman–Crippen MR) is 104 cm³/mol. The van der Waals surface area contributed by atoms with Crippen LogP contribution in [-0.4, -0.2) is 46.4 Å². The van der Waals surface area contributed by atoms with Crippen molar-refractivity contribution in [3.63, 3.8) is 0 Å². The van der Waals surface area contributed by atoms with Crippen molar-refractivity contribution in [1.82, 2.24) is 4.90 Å². The summed E-state index contributed by atoms with van der Waals surface area (Å²) >= 11 is 0. The van der Waals surface area contributed by atoms with Gasteiger partial charge < -0.3 is 4.74 Å². The van der Waals surface area contributed by atoms with Crippen LogP contribution in [0.4, 0.5) is 4.79 Å². The summed E-state index contributed by atoms with van der Waals surface area (Å²) in [7, 11) is 0. The van der Waals surface area contributed by atoms with Gasteiger partial charge in [0.15, 0.2) is 0 Å². The van der Waals surface area contributed by atoms with Gasteiger partial charge >= 0.3 is 6.09 Å². The highest BCUT2D eigenvalue weighted by Gasteiger charge is 2.53. The number of carbonyl (C=O) groups excluding carboxylic acids is 5. The molecule has 156 valence electrons. The van der Waals surface area contributed by atoms with Crippen molar-refractivity contribution in [2.24, 2.45) is 10.8 Å². The van der Waals surface area contributed by atoms with Gasteiger partial charge in [0.1, 0.15) is 28.4 Å². The molecule has 1 fully saturated rings. The van der Waals surface area contributed by atoms with Crippen molar-refractivity contribution >= 4 is 29.4 Å². The Balaban J connectivity index is 3.33. The van der Waals surface area contributed by atoms with Crippen molar-refractivity contribution in [3.05, 3.63) is 12.2 Å². The van der Waals surface area contributed by atoms with E-state index in [1.54, 1.807) is 20.8 Å². The SMILES string of the molecule is C=C(CC(C)(C(C)=O)C(C)=O)C1(C(C)=O)CCCN(C(=O)OC(C)(C)C)C1=O. The molecule has 0 aromatic carbocycles. The number of Topliss-reactive ketones (excluding diaryl/α,β-unsaturated/α-hetero) is 3. The van der Waals surface area contributed by atoms with Gasteiger partial charge in [0.2, 0.25) is 5.91 Å². The number of rotatable bonds is 6. The highest BCUT2D eigenvalue weighted by atomic mass is 16.6. The molecule has 2 amide bonds. The monoisotopic (exact) mass is 393 g/mol. The fourth-order valence-electron chi connectivity index (χ4n) is 3.41. The maximum Gasteiger partial charge on any atom is 0.417 e. The van der Waals surface area contributed by atoms with E-state index >= 15 is 0 Å². The fraction of sp³-hybridized carbons (Fsp3) is 0.667. The number of hydrogen-bond donors (Lipinski definition) is 0. The standard InChI is InChI=1S/C21H31NO6/c1-13(12-20(8,14(2)23)15(3)24)21(16(4)25)10-9-11-22(17(21)26)18(27)28-19(5,6)7/h1,9-12H2,2-8H3. The molecule has 1 saturated heterocycles. The molecule has 0 aromatic heterocycles. The van der Waals surface area contributed by atoms with Gasteiger partial charge in [-0.3, -0.25) is 19.2 Å². The van der Waals surface area contributed by atoms with E-state index in [2.05, 4.69) is 6.58 Å². The molecule has 0 saturated carbocycles. The molecule has 0 spiro atoms. The first kappa shape index (κ1) is 23.7. The lowest BCUT2D eigenvalue weighted by Crippen LogP contribution is -2.56. The van der Waals surface area contributed by atoms with Gasteiger partial charge in [-0.25, -0.2) is 9.69 Å². The number of ketones is 3. The van der Waals surface area contributed by atoms with Crippen LogP contribution in [0.15, 0.2) is 12.2 Å². The molecule has 0 aliphatic carbocycles. The van der Waals surface area contributed by atoms with Crippen LogP contribution >= 0.6 is 0 Å². The molecule has 7 heteroatoms. The highest BCUT2D eigenvalue weighted by molar-refractivity contribution is 6.13. The van der Waals surface area contributed by atoms with Gasteiger partial charge in [0, 0.05) is 6.54 Å². The van der Waals surface area contributed by atoms with Crippen LogP contribution < -0.4 is 0 Å². The van der Waals surface area contributed by atoms with Gasteiger partial charge in [0.05, 0.1) is 5.41 Å². The minimum absolute atomic E-state index is 0.132. The van der Waals surface area contributed by atoms with Gasteiger partial charge in [-0.2, -0.15) is 0 Å². The summed E-state index contributed by atoms with van der Waals surface area (Å²) in [5.74, 6) is -1.91. The zero-order valence-electron chi connectivity index (χ0n) is 17.9. The largest absolute Gasteiger partial charge is 0.443 e. The van der Waals surface area contributed by atoms with Crippen LogP contribution in [0.25, 0.3) is 0 Å².